The van der Waals surface area contributed by atoms with E-state index >= 15 is 0 Å². The minimum absolute atomic E-state index is 0.848. The monoisotopic (exact) mass is 260 g/mol. The van der Waals surface area contributed by atoms with E-state index in [4.69, 9.17) is 4.74 Å². The molecule has 0 N–H and O–H groups in total. The van der Waals surface area contributed by atoms with Crippen molar-refractivity contribution in [3.63, 3.8) is 0 Å². The molecule has 0 spiro atoms. The molecule has 4 rings (SSSR count). The summed E-state index contributed by atoms with van der Waals surface area (Å²) in [6.45, 7) is 4.25. The van der Waals surface area contributed by atoms with E-state index in [9.17, 15) is 0 Å². The summed E-state index contributed by atoms with van der Waals surface area (Å²) in [5.74, 6) is 3.68. The molecular formula is C16H20OS. The van der Waals surface area contributed by atoms with Crippen molar-refractivity contribution >= 4 is 11.8 Å². The molecule has 5 atom stereocenters. The molecule has 0 amide bonds. The topological polar surface area (TPSA) is 9.23 Å². The van der Waals surface area contributed by atoms with Crippen LogP contribution in [0.4, 0.5) is 0 Å². The van der Waals surface area contributed by atoms with E-state index in [2.05, 4.69) is 43.0 Å². The smallest absolute Gasteiger partial charge is 0.0501 e. The van der Waals surface area contributed by atoms with Crippen LogP contribution in [-0.2, 0) is 4.74 Å². The molecule has 18 heavy (non-hydrogen) atoms. The minimum Gasteiger partial charge on any atom is -0.381 e. The summed E-state index contributed by atoms with van der Waals surface area (Å²) < 4.78 is 5.70. The standard InChI is InChI=1S/C16H20OS/c1-10-2-4-12(5-3-10)18-16-7-11-6-13(16)15-9-17-8-14(11)15/h2-5,11,13-16H,6-9H2,1H3/t11-,13-,14-,15-,16+/m1/s1. The molecule has 1 aromatic rings. The van der Waals surface area contributed by atoms with Crippen LogP contribution in [0.5, 0.6) is 0 Å². The predicted molar refractivity (Wildman–Crippen MR) is 74.8 cm³/mol. The Morgan fingerprint density at radius 2 is 1.78 bits per heavy atom. The van der Waals surface area contributed by atoms with Crippen LogP contribution in [0.15, 0.2) is 29.2 Å². The van der Waals surface area contributed by atoms with Gasteiger partial charge in [0.25, 0.3) is 0 Å². The van der Waals surface area contributed by atoms with Crippen molar-refractivity contribution in [1.29, 1.82) is 0 Å². The van der Waals surface area contributed by atoms with Gasteiger partial charge in [0, 0.05) is 10.1 Å². The number of hydrogen-bond acceptors (Lipinski definition) is 2. The van der Waals surface area contributed by atoms with Crippen LogP contribution in [0.3, 0.4) is 0 Å². The molecule has 1 aliphatic heterocycles. The predicted octanol–water partition coefficient (Wildman–Crippen LogP) is 3.76. The average molecular weight is 260 g/mol. The third kappa shape index (κ3) is 1.73. The van der Waals surface area contributed by atoms with E-state index in [0.29, 0.717) is 0 Å². The third-order valence-corrected chi connectivity index (χ3v) is 6.61. The Kier molecular flexibility index (Phi) is 2.70. The maximum absolute atomic E-state index is 5.70. The second-order valence-electron chi connectivity index (χ2n) is 6.23. The van der Waals surface area contributed by atoms with Crippen molar-refractivity contribution in [3.05, 3.63) is 29.8 Å². The molecule has 1 saturated heterocycles. The summed E-state index contributed by atoms with van der Waals surface area (Å²) in [5.41, 5.74) is 1.36. The van der Waals surface area contributed by atoms with Gasteiger partial charge in [0.15, 0.2) is 0 Å². The number of rotatable bonds is 2. The first kappa shape index (κ1) is 11.4. The van der Waals surface area contributed by atoms with Crippen LogP contribution in [0.2, 0.25) is 0 Å². The fraction of sp³-hybridized carbons (Fsp3) is 0.625. The first-order valence-electron chi connectivity index (χ1n) is 7.12. The highest BCUT2D eigenvalue weighted by Gasteiger charge is 2.54. The quantitative estimate of drug-likeness (QED) is 0.801. The van der Waals surface area contributed by atoms with E-state index in [0.717, 1.165) is 42.1 Å². The van der Waals surface area contributed by atoms with Crippen LogP contribution < -0.4 is 0 Å². The third-order valence-electron chi connectivity index (χ3n) is 5.22. The molecule has 2 aliphatic carbocycles. The molecule has 0 unspecified atom stereocenters. The van der Waals surface area contributed by atoms with Crippen molar-refractivity contribution in [2.45, 2.75) is 29.9 Å². The van der Waals surface area contributed by atoms with E-state index in [1.165, 1.54) is 23.3 Å². The number of ether oxygens (including phenoxy) is 1. The van der Waals surface area contributed by atoms with Crippen molar-refractivity contribution in [2.24, 2.45) is 23.7 Å². The van der Waals surface area contributed by atoms with Crippen molar-refractivity contribution in [1.82, 2.24) is 0 Å². The molecule has 1 nitrogen and oxygen atoms in total. The second-order valence-corrected chi connectivity index (χ2v) is 7.54. The minimum atomic E-state index is 0.848. The Morgan fingerprint density at radius 3 is 2.61 bits per heavy atom. The van der Waals surface area contributed by atoms with Gasteiger partial charge in [0.1, 0.15) is 0 Å². The van der Waals surface area contributed by atoms with E-state index < -0.39 is 0 Å². The summed E-state index contributed by atoms with van der Waals surface area (Å²) in [4.78, 5) is 1.45. The number of aryl methyl sites for hydroxylation is 1. The van der Waals surface area contributed by atoms with Gasteiger partial charge in [-0.05, 0) is 55.6 Å². The Hall–Kier alpha value is -0.470. The highest BCUT2D eigenvalue weighted by Crippen LogP contribution is 2.58. The second kappa shape index (κ2) is 4.28. The average Bonchev–Trinajstić information content (AvgIpc) is 3.03. The van der Waals surface area contributed by atoms with Gasteiger partial charge < -0.3 is 4.74 Å². The first-order chi connectivity index (χ1) is 8.81. The Balaban J connectivity index is 1.49. The van der Waals surface area contributed by atoms with E-state index in [-0.39, 0.29) is 0 Å². The molecule has 2 saturated carbocycles. The van der Waals surface area contributed by atoms with Crippen molar-refractivity contribution in [3.8, 4) is 0 Å². The zero-order valence-corrected chi connectivity index (χ0v) is 11.7. The van der Waals surface area contributed by atoms with Gasteiger partial charge in [-0.2, -0.15) is 0 Å². The zero-order chi connectivity index (χ0) is 12.1. The maximum Gasteiger partial charge on any atom is 0.0501 e. The van der Waals surface area contributed by atoms with Gasteiger partial charge in [-0.25, -0.2) is 0 Å². The van der Waals surface area contributed by atoms with Crippen LogP contribution in [0.25, 0.3) is 0 Å². The molecule has 1 aromatic carbocycles. The van der Waals surface area contributed by atoms with Crippen molar-refractivity contribution < 1.29 is 4.74 Å². The molecule has 0 aromatic heterocycles. The van der Waals surface area contributed by atoms with Crippen LogP contribution in [0.1, 0.15) is 18.4 Å². The van der Waals surface area contributed by atoms with Gasteiger partial charge in [0.05, 0.1) is 13.2 Å². The molecular weight excluding hydrogens is 240 g/mol. The fourth-order valence-electron chi connectivity index (χ4n) is 4.31. The van der Waals surface area contributed by atoms with E-state index in [1.54, 1.807) is 0 Å². The summed E-state index contributed by atoms with van der Waals surface area (Å²) >= 11 is 2.12. The lowest BCUT2D eigenvalue weighted by Gasteiger charge is -2.29. The molecule has 0 radical (unpaired) electrons. The van der Waals surface area contributed by atoms with Gasteiger partial charge in [-0.15, -0.1) is 11.8 Å². The highest BCUT2D eigenvalue weighted by atomic mass is 32.2. The maximum atomic E-state index is 5.70. The van der Waals surface area contributed by atoms with Gasteiger partial charge in [-0.1, -0.05) is 17.7 Å². The number of thioether (sulfide) groups is 1. The highest BCUT2D eigenvalue weighted by molar-refractivity contribution is 8.00. The van der Waals surface area contributed by atoms with Crippen molar-refractivity contribution in [2.75, 3.05) is 13.2 Å². The molecule has 1 heterocycles. The molecule has 3 fully saturated rings. The number of benzene rings is 1. The first-order valence-corrected chi connectivity index (χ1v) is 8.00. The molecule has 2 heteroatoms. The lowest BCUT2D eigenvalue weighted by atomic mass is 9.81. The van der Waals surface area contributed by atoms with Crippen LogP contribution in [0, 0.1) is 30.6 Å². The molecule has 3 aliphatic rings. The van der Waals surface area contributed by atoms with Crippen LogP contribution in [-0.4, -0.2) is 18.5 Å². The normalized spacial score (nSPS) is 41.3. The fourth-order valence-corrected chi connectivity index (χ4v) is 5.79. The molecule has 2 bridgehead atoms. The van der Waals surface area contributed by atoms with Gasteiger partial charge >= 0.3 is 0 Å². The zero-order valence-electron chi connectivity index (χ0n) is 10.8. The number of fused-ring (bicyclic) bond motifs is 5. The summed E-state index contributed by atoms with van der Waals surface area (Å²) in [6.07, 6.45) is 2.90. The van der Waals surface area contributed by atoms with Gasteiger partial charge in [-0.3, -0.25) is 0 Å². The lowest BCUT2D eigenvalue weighted by molar-refractivity contribution is 0.164. The van der Waals surface area contributed by atoms with Gasteiger partial charge in [0.2, 0.25) is 0 Å². The largest absolute Gasteiger partial charge is 0.381 e. The molecule has 96 valence electrons. The summed E-state index contributed by atoms with van der Waals surface area (Å²) in [7, 11) is 0. The van der Waals surface area contributed by atoms with Crippen LogP contribution >= 0.6 is 11.8 Å². The van der Waals surface area contributed by atoms with E-state index in [1.807, 2.05) is 0 Å². The summed E-state index contributed by atoms with van der Waals surface area (Å²) in [6, 6.07) is 9.04. The Labute approximate surface area is 113 Å². The summed E-state index contributed by atoms with van der Waals surface area (Å²) in [5, 5.41) is 0.848. The Bertz CT molecular complexity index is 441. The lowest BCUT2D eigenvalue weighted by Crippen LogP contribution is -2.28. The number of hydrogen-bond donors (Lipinski definition) is 0. The Morgan fingerprint density at radius 1 is 1.00 bits per heavy atom. The SMILES string of the molecule is Cc1ccc(S[C@H]2C[C@H]3C[C@@H]2[C@H]2COC[C@H]32)cc1.